The maximum Gasteiger partial charge on any atom is 0.0221 e. The SMILES string of the molecule is CN[C@H](C)/C=C/c1ccccc1. The van der Waals surface area contributed by atoms with Crippen molar-refractivity contribution in [1.82, 2.24) is 5.32 Å². The van der Waals surface area contributed by atoms with Crippen molar-refractivity contribution in [3.63, 3.8) is 0 Å². The smallest absolute Gasteiger partial charge is 0.0221 e. The van der Waals surface area contributed by atoms with Crippen LogP contribution in [0.1, 0.15) is 12.5 Å². The topological polar surface area (TPSA) is 12.0 Å². The van der Waals surface area contributed by atoms with Crippen molar-refractivity contribution in [2.75, 3.05) is 7.05 Å². The monoisotopic (exact) mass is 161 g/mol. The molecule has 0 saturated carbocycles. The van der Waals surface area contributed by atoms with Crippen molar-refractivity contribution < 1.29 is 0 Å². The van der Waals surface area contributed by atoms with Crippen molar-refractivity contribution in [3.8, 4) is 0 Å². The molecule has 0 amide bonds. The standard InChI is InChI=1S/C11H15N/c1-10(12-2)8-9-11-6-4-3-5-7-11/h3-10,12H,1-2H3/b9-8+/t10-/m1/s1. The quantitative estimate of drug-likeness (QED) is 0.717. The van der Waals surface area contributed by atoms with Gasteiger partial charge in [0, 0.05) is 6.04 Å². The van der Waals surface area contributed by atoms with Crippen molar-refractivity contribution in [2.24, 2.45) is 0 Å². The molecule has 1 heteroatoms. The van der Waals surface area contributed by atoms with Gasteiger partial charge < -0.3 is 5.32 Å². The Balaban J connectivity index is 2.58. The molecule has 0 aliphatic heterocycles. The van der Waals surface area contributed by atoms with Crippen LogP contribution in [0, 0.1) is 0 Å². The van der Waals surface area contributed by atoms with E-state index in [1.165, 1.54) is 5.56 Å². The Labute approximate surface area is 74.1 Å². The molecule has 12 heavy (non-hydrogen) atoms. The number of rotatable bonds is 3. The summed E-state index contributed by atoms with van der Waals surface area (Å²) in [6, 6.07) is 10.7. The Morgan fingerprint density at radius 1 is 1.25 bits per heavy atom. The molecular weight excluding hydrogens is 146 g/mol. The highest BCUT2D eigenvalue weighted by atomic mass is 14.8. The van der Waals surface area contributed by atoms with E-state index in [0.717, 1.165) is 0 Å². The molecule has 0 aliphatic carbocycles. The first-order valence-electron chi connectivity index (χ1n) is 4.23. The molecule has 1 N–H and O–H groups in total. The van der Waals surface area contributed by atoms with Gasteiger partial charge in [-0.05, 0) is 19.5 Å². The average molecular weight is 161 g/mol. The molecule has 0 aromatic heterocycles. The number of hydrogen-bond acceptors (Lipinski definition) is 1. The molecule has 0 aliphatic rings. The van der Waals surface area contributed by atoms with E-state index in [1.54, 1.807) is 0 Å². The molecule has 0 radical (unpaired) electrons. The van der Waals surface area contributed by atoms with Crippen LogP contribution >= 0.6 is 0 Å². The summed E-state index contributed by atoms with van der Waals surface area (Å²) in [6.45, 7) is 2.12. The van der Waals surface area contributed by atoms with Crippen molar-refractivity contribution in [3.05, 3.63) is 42.0 Å². The molecule has 1 aromatic rings. The zero-order valence-electron chi connectivity index (χ0n) is 7.62. The second-order valence-corrected chi connectivity index (χ2v) is 2.85. The second kappa shape index (κ2) is 4.73. The molecule has 0 heterocycles. The summed E-state index contributed by atoms with van der Waals surface area (Å²) in [5.41, 5.74) is 1.25. The molecule has 0 spiro atoms. The van der Waals surface area contributed by atoms with Crippen molar-refractivity contribution in [1.29, 1.82) is 0 Å². The van der Waals surface area contributed by atoms with Crippen molar-refractivity contribution >= 4 is 6.08 Å². The van der Waals surface area contributed by atoms with Gasteiger partial charge in [0.1, 0.15) is 0 Å². The third-order valence-electron chi connectivity index (χ3n) is 1.83. The van der Waals surface area contributed by atoms with Gasteiger partial charge in [0.05, 0.1) is 0 Å². The number of hydrogen-bond donors (Lipinski definition) is 1. The third-order valence-corrected chi connectivity index (χ3v) is 1.83. The number of nitrogens with one attached hydrogen (secondary N) is 1. The van der Waals surface area contributed by atoms with E-state index in [1.807, 2.05) is 25.2 Å². The first kappa shape index (κ1) is 9.01. The van der Waals surface area contributed by atoms with Crippen LogP contribution in [0.25, 0.3) is 6.08 Å². The molecule has 1 aromatic carbocycles. The van der Waals surface area contributed by atoms with Crippen LogP contribution in [-0.4, -0.2) is 13.1 Å². The molecule has 64 valence electrons. The Morgan fingerprint density at radius 3 is 2.50 bits per heavy atom. The fraction of sp³-hybridized carbons (Fsp3) is 0.273. The van der Waals surface area contributed by atoms with Crippen LogP contribution in [0.2, 0.25) is 0 Å². The fourth-order valence-corrected chi connectivity index (χ4v) is 0.916. The average Bonchev–Trinajstić information content (AvgIpc) is 2.16. The van der Waals surface area contributed by atoms with E-state index in [9.17, 15) is 0 Å². The van der Waals surface area contributed by atoms with E-state index in [0.29, 0.717) is 6.04 Å². The Morgan fingerprint density at radius 2 is 1.92 bits per heavy atom. The molecule has 1 nitrogen and oxygen atoms in total. The lowest BCUT2D eigenvalue weighted by atomic mass is 10.2. The summed E-state index contributed by atoms with van der Waals surface area (Å²) in [5.74, 6) is 0. The maximum absolute atomic E-state index is 3.15. The van der Waals surface area contributed by atoms with Crippen LogP contribution in [0.5, 0.6) is 0 Å². The molecule has 0 unspecified atom stereocenters. The van der Waals surface area contributed by atoms with Gasteiger partial charge in [-0.25, -0.2) is 0 Å². The van der Waals surface area contributed by atoms with Crippen molar-refractivity contribution in [2.45, 2.75) is 13.0 Å². The normalized spacial score (nSPS) is 13.5. The molecule has 1 rings (SSSR count). The van der Waals surface area contributed by atoms with Gasteiger partial charge in [-0.15, -0.1) is 0 Å². The van der Waals surface area contributed by atoms with Crippen LogP contribution in [0.4, 0.5) is 0 Å². The van der Waals surface area contributed by atoms with Crippen LogP contribution < -0.4 is 5.32 Å². The highest BCUT2D eigenvalue weighted by molar-refractivity contribution is 5.49. The first-order valence-corrected chi connectivity index (χ1v) is 4.23. The van der Waals surface area contributed by atoms with Gasteiger partial charge in [0.2, 0.25) is 0 Å². The van der Waals surface area contributed by atoms with E-state index < -0.39 is 0 Å². The lowest BCUT2D eigenvalue weighted by Gasteiger charge is -2.01. The van der Waals surface area contributed by atoms with Gasteiger partial charge >= 0.3 is 0 Å². The van der Waals surface area contributed by atoms with E-state index >= 15 is 0 Å². The summed E-state index contributed by atoms with van der Waals surface area (Å²) < 4.78 is 0. The van der Waals surface area contributed by atoms with E-state index in [-0.39, 0.29) is 0 Å². The minimum atomic E-state index is 0.435. The minimum absolute atomic E-state index is 0.435. The second-order valence-electron chi connectivity index (χ2n) is 2.85. The lowest BCUT2D eigenvalue weighted by molar-refractivity contribution is 0.731. The molecular formula is C11H15N. The van der Waals surface area contributed by atoms with Crippen LogP contribution in [0.3, 0.4) is 0 Å². The van der Waals surface area contributed by atoms with Gasteiger partial charge in [0.15, 0.2) is 0 Å². The number of likely N-dealkylation sites (N-methyl/N-ethyl adjacent to an activating group) is 1. The largest absolute Gasteiger partial charge is 0.314 e. The predicted octanol–water partition coefficient (Wildman–Crippen LogP) is 2.31. The summed E-state index contributed by atoms with van der Waals surface area (Å²) >= 11 is 0. The third kappa shape index (κ3) is 2.89. The summed E-state index contributed by atoms with van der Waals surface area (Å²) in [5, 5.41) is 3.15. The summed E-state index contributed by atoms with van der Waals surface area (Å²) in [6.07, 6.45) is 4.27. The summed E-state index contributed by atoms with van der Waals surface area (Å²) in [4.78, 5) is 0. The highest BCUT2D eigenvalue weighted by Gasteiger charge is 1.88. The van der Waals surface area contributed by atoms with Crippen LogP contribution in [0.15, 0.2) is 36.4 Å². The lowest BCUT2D eigenvalue weighted by Crippen LogP contribution is -2.17. The minimum Gasteiger partial charge on any atom is -0.314 e. The highest BCUT2D eigenvalue weighted by Crippen LogP contribution is 2.01. The molecule has 0 bridgehead atoms. The first-order chi connectivity index (χ1) is 5.83. The number of benzene rings is 1. The Hall–Kier alpha value is -1.08. The van der Waals surface area contributed by atoms with Gasteiger partial charge in [0.25, 0.3) is 0 Å². The Kier molecular flexibility index (Phi) is 3.55. The van der Waals surface area contributed by atoms with Gasteiger partial charge in [-0.1, -0.05) is 42.5 Å². The summed E-state index contributed by atoms with van der Waals surface area (Å²) in [7, 11) is 1.96. The molecule has 0 saturated heterocycles. The van der Waals surface area contributed by atoms with Gasteiger partial charge in [-0.2, -0.15) is 0 Å². The zero-order chi connectivity index (χ0) is 8.81. The zero-order valence-corrected chi connectivity index (χ0v) is 7.62. The molecule has 0 fully saturated rings. The van der Waals surface area contributed by atoms with Crippen LogP contribution in [-0.2, 0) is 0 Å². The maximum atomic E-state index is 3.15. The molecule has 1 atom stereocenters. The van der Waals surface area contributed by atoms with Gasteiger partial charge in [-0.3, -0.25) is 0 Å². The predicted molar refractivity (Wildman–Crippen MR) is 54.0 cm³/mol. The van der Waals surface area contributed by atoms with E-state index in [2.05, 4.69) is 36.5 Å². The van der Waals surface area contributed by atoms with E-state index in [4.69, 9.17) is 0 Å². The fourth-order valence-electron chi connectivity index (χ4n) is 0.916. The Bertz CT molecular complexity index is 238.